The third-order valence-electron chi connectivity index (χ3n) is 3.42. The maximum Gasteiger partial charge on any atom is 0.244 e. The first-order valence-electron chi connectivity index (χ1n) is 6.37. The highest BCUT2D eigenvalue weighted by molar-refractivity contribution is 7.89. The summed E-state index contributed by atoms with van der Waals surface area (Å²) in [6.07, 6.45) is 4.08. The number of aromatic nitrogens is 1. The fourth-order valence-electron chi connectivity index (χ4n) is 2.09. The van der Waals surface area contributed by atoms with Crippen LogP contribution in [0.5, 0.6) is 0 Å². The Morgan fingerprint density at radius 3 is 2.58 bits per heavy atom. The van der Waals surface area contributed by atoms with Gasteiger partial charge in [0.1, 0.15) is 4.90 Å². The molecule has 106 valence electrons. The van der Waals surface area contributed by atoms with Crippen molar-refractivity contribution >= 4 is 10.0 Å². The molecule has 1 aliphatic carbocycles. The lowest BCUT2D eigenvalue weighted by atomic mass is 9.93. The molecular formula is C12H19N3O3S. The minimum atomic E-state index is -3.58. The summed E-state index contributed by atoms with van der Waals surface area (Å²) in [5.74, 6) is 0. The average Bonchev–Trinajstić information content (AvgIpc) is 2.36. The molecule has 6 nitrogen and oxygen atoms in total. The molecule has 1 aliphatic rings. The zero-order valence-electron chi connectivity index (χ0n) is 10.7. The van der Waals surface area contributed by atoms with Crippen LogP contribution in [-0.4, -0.2) is 42.0 Å². The number of pyridine rings is 1. The lowest BCUT2D eigenvalue weighted by Crippen LogP contribution is -2.45. The first-order chi connectivity index (χ1) is 9.09. The third-order valence-corrected chi connectivity index (χ3v) is 5.35. The summed E-state index contributed by atoms with van der Waals surface area (Å²) >= 11 is 0. The Bertz CT molecular complexity index is 512. The predicted molar refractivity (Wildman–Crippen MR) is 70.7 cm³/mol. The monoisotopic (exact) mass is 285 g/mol. The fourth-order valence-corrected chi connectivity index (χ4v) is 3.71. The van der Waals surface area contributed by atoms with Crippen LogP contribution in [0.4, 0.5) is 0 Å². The van der Waals surface area contributed by atoms with E-state index in [1.165, 1.54) is 16.6 Å². The number of aliphatic hydroxyl groups is 1. The second-order valence-electron chi connectivity index (χ2n) is 4.61. The molecule has 0 amide bonds. The molecule has 0 unspecified atom stereocenters. The van der Waals surface area contributed by atoms with Gasteiger partial charge in [-0.15, -0.1) is 0 Å². The van der Waals surface area contributed by atoms with E-state index in [1.54, 1.807) is 6.07 Å². The molecule has 1 aromatic heterocycles. The molecule has 0 radical (unpaired) electrons. The van der Waals surface area contributed by atoms with Crippen LogP contribution in [0.25, 0.3) is 0 Å². The molecule has 0 spiro atoms. The highest BCUT2D eigenvalue weighted by Gasteiger charge is 2.34. The fraction of sp³-hybridized carbons (Fsp3) is 0.583. The second kappa shape index (κ2) is 5.96. The maximum atomic E-state index is 12.5. The lowest BCUT2D eigenvalue weighted by molar-refractivity contribution is 0.178. The van der Waals surface area contributed by atoms with Gasteiger partial charge >= 0.3 is 0 Å². The van der Waals surface area contributed by atoms with E-state index < -0.39 is 10.0 Å². The Kier molecular flexibility index (Phi) is 4.51. The van der Waals surface area contributed by atoms with Crippen molar-refractivity contribution in [1.29, 1.82) is 0 Å². The summed E-state index contributed by atoms with van der Waals surface area (Å²) in [6.45, 7) is 0.235. The number of hydrogen-bond donors (Lipinski definition) is 2. The van der Waals surface area contributed by atoms with Gasteiger partial charge in [0.05, 0.1) is 12.3 Å². The molecule has 0 bridgehead atoms. The summed E-state index contributed by atoms with van der Waals surface area (Å²) in [5, 5.41) is 9.06. The standard InChI is InChI=1S/C12H19N3O3S/c13-8-10-4-5-12(9-14-10)19(17,18)15(6-7-16)11-2-1-3-11/h4-5,9,11,16H,1-3,6-8,13H2. The van der Waals surface area contributed by atoms with Crippen molar-refractivity contribution in [2.75, 3.05) is 13.2 Å². The van der Waals surface area contributed by atoms with Crippen LogP contribution in [0, 0.1) is 0 Å². The Morgan fingerprint density at radius 1 is 1.42 bits per heavy atom. The van der Waals surface area contributed by atoms with E-state index in [-0.39, 0.29) is 30.6 Å². The molecule has 2 rings (SSSR count). The number of hydrogen-bond acceptors (Lipinski definition) is 5. The van der Waals surface area contributed by atoms with Crippen LogP contribution in [-0.2, 0) is 16.6 Å². The molecule has 1 aromatic rings. The van der Waals surface area contributed by atoms with Gasteiger partial charge in [0.15, 0.2) is 0 Å². The van der Waals surface area contributed by atoms with Gasteiger partial charge in [0.25, 0.3) is 0 Å². The Labute approximate surface area is 113 Å². The van der Waals surface area contributed by atoms with E-state index in [1.807, 2.05) is 0 Å². The minimum absolute atomic E-state index is 0.00587. The van der Waals surface area contributed by atoms with Gasteiger partial charge in [0.2, 0.25) is 10.0 Å². The quantitative estimate of drug-likeness (QED) is 0.771. The summed E-state index contributed by atoms with van der Waals surface area (Å²) in [4.78, 5) is 4.17. The maximum absolute atomic E-state index is 12.5. The molecule has 1 fully saturated rings. The van der Waals surface area contributed by atoms with Crippen molar-refractivity contribution in [3.05, 3.63) is 24.0 Å². The molecule has 1 heterocycles. The van der Waals surface area contributed by atoms with Crippen molar-refractivity contribution in [3.8, 4) is 0 Å². The Morgan fingerprint density at radius 2 is 2.16 bits per heavy atom. The van der Waals surface area contributed by atoms with Crippen LogP contribution in [0.1, 0.15) is 25.0 Å². The van der Waals surface area contributed by atoms with Crippen molar-refractivity contribution in [2.45, 2.75) is 36.7 Å². The second-order valence-corrected chi connectivity index (χ2v) is 6.50. The Hall–Kier alpha value is -1.02. The third kappa shape index (κ3) is 2.94. The minimum Gasteiger partial charge on any atom is -0.395 e. The van der Waals surface area contributed by atoms with E-state index in [4.69, 9.17) is 10.8 Å². The normalized spacial score (nSPS) is 16.6. The van der Waals surface area contributed by atoms with Crippen LogP contribution < -0.4 is 5.73 Å². The summed E-state index contributed by atoms with van der Waals surface area (Å²) in [7, 11) is -3.58. The van der Waals surface area contributed by atoms with E-state index in [2.05, 4.69) is 4.98 Å². The van der Waals surface area contributed by atoms with Crippen molar-refractivity contribution < 1.29 is 13.5 Å². The van der Waals surface area contributed by atoms with Gasteiger partial charge < -0.3 is 10.8 Å². The SMILES string of the molecule is NCc1ccc(S(=O)(=O)N(CCO)C2CCC2)cn1. The highest BCUT2D eigenvalue weighted by atomic mass is 32.2. The number of rotatable bonds is 6. The molecule has 3 N–H and O–H groups in total. The largest absolute Gasteiger partial charge is 0.395 e. The molecule has 1 saturated carbocycles. The predicted octanol–water partition coefficient (Wildman–Crippen LogP) is 0.0758. The molecule has 0 aromatic carbocycles. The van der Waals surface area contributed by atoms with E-state index in [0.29, 0.717) is 5.69 Å². The van der Waals surface area contributed by atoms with Gasteiger partial charge in [-0.1, -0.05) is 6.42 Å². The zero-order chi connectivity index (χ0) is 13.9. The van der Waals surface area contributed by atoms with E-state index in [0.717, 1.165) is 19.3 Å². The molecule has 0 aliphatic heterocycles. The van der Waals surface area contributed by atoms with Crippen LogP contribution in [0.15, 0.2) is 23.2 Å². The van der Waals surface area contributed by atoms with Crippen LogP contribution >= 0.6 is 0 Å². The van der Waals surface area contributed by atoms with Crippen molar-refractivity contribution in [2.24, 2.45) is 5.73 Å². The zero-order valence-corrected chi connectivity index (χ0v) is 11.5. The molecule has 7 heteroatoms. The first kappa shape index (κ1) is 14.4. The van der Waals surface area contributed by atoms with E-state index in [9.17, 15) is 8.42 Å². The van der Waals surface area contributed by atoms with Crippen molar-refractivity contribution in [3.63, 3.8) is 0 Å². The molecular weight excluding hydrogens is 266 g/mol. The Balaban J connectivity index is 2.26. The average molecular weight is 285 g/mol. The van der Waals surface area contributed by atoms with Crippen LogP contribution in [0.3, 0.4) is 0 Å². The van der Waals surface area contributed by atoms with Gasteiger partial charge in [0, 0.05) is 25.3 Å². The van der Waals surface area contributed by atoms with Crippen LogP contribution in [0.2, 0.25) is 0 Å². The number of sulfonamides is 1. The molecule has 0 atom stereocenters. The van der Waals surface area contributed by atoms with E-state index >= 15 is 0 Å². The first-order valence-corrected chi connectivity index (χ1v) is 7.81. The summed E-state index contributed by atoms with van der Waals surface area (Å²) in [6, 6.07) is 3.14. The topological polar surface area (TPSA) is 96.5 Å². The number of nitrogens with zero attached hydrogens (tertiary/aromatic N) is 2. The number of aliphatic hydroxyl groups excluding tert-OH is 1. The van der Waals surface area contributed by atoms with Gasteiger partial charge in [-0.3, -0.25) is 4.98 Å². The lowest BCUT2D eigenvalue weighted by Gasteiger charge is -2.36. The van der Waals surface area contributed by atoms with Gasteiger partial charge in [-0.25, -0.2) is 8.42 Å². The van der Waals surface area contributed by atoms with Gasteiger partial charge in [-0.05, 0) is 25.0 Å². The van der Waals surface area contributed by atoms with Crippen molar-refractivity contribution in [1.82, 2.24) is 9.29 Å². The molecule has 19 heavy (non-hydrogen) atoms. The van der Waals surface area contributed by atoms with Gasteiger partial charge in [-0.2, -0.15) is 4.31 Å². The molecule has 0 saturated heterocycles. The highest BCUT2D eigenvalue weighted by Crippen LogP contribution is 2.29. The number of nitrogens with two attached hydrogens (primary N) is 1. The summed E-state index contributed by atoms with van der Waals surface area (Å²) < 4.78 is 26.4. The summed E-state index contributed by atoms with van der Waals surface area (Å²) in [5.41, 5.74) is 6.09. The smallest absolute Gasteiger partial charge is 0.244 e.